The molecule has 0 unspecified atom stereocenters. The average molecular weight is 180 g/mol. The largest absolute Gasteiger partial charge is 0.396 e. The van der Waals surface area contributed by atoms with Gasteiger partial charge in [0.15, 0.2) is 0 Å². The van der Waals surface area contributed by atoms with Gasteiger partial charge in [0.2, 0.25) is 0 Å². The van der Waals surface area contributed by atoms with Gasteiger partial charge in [-0.25, -0.2) is 0 Å². The molecule has 1 N–H and O–H groups in total. The minimum atomic E-state index is 0.352. The van der Waals surface area contributed by atoms with Gasteiger partial charge in [-0.1, -0.05) is 37.1 Å². The third-order valence-corrected chi connectivity index (χ3v) is 2.86. The van der Waals surface area contributed by atoms with Crippen molar-refractivity contribution in [2.75, 3.05) is 6.61 Å². The summed E-state index contributed by atoms with van der Waals surface area (Å²) < 4.78 is 0. The van der Waals surface area contributed by atoms with E-state index in [1.54, 1.807) is 0 Å². The van der Waals surface area contributed by atoms with Crippen molar-refractivity contribution in [2.24, 2.45) is 11.8 Å². The lowest BCUT2D eigenvalue weighted by Crippen LogP contribution is -2.20. The van der Waals surface area contributed by atoms with E-state index in [2.05, 4.69) is 18.2 Å². The highest BCUT2D eigenvalue weighted by Crippen LogP contribution is 2.30. The van der Waals surface area contributed by atoms with E-state index in [1.807, 2.05) is 13.0 Å². The Morgan fingerprint density at radius 3 is 2.69 bits per heavy atom. The van der Waals surface area contributed by atoms with Gasteiger partial charge in [0, 0.05) is 6.61 Å². The van der Waals surface area contributed by atoms with Crippen LogP contribution in [0.3, 0.4) is 0 Å². The van der Waals surface area contributed by atoms with Crippen molar-refractivity contribution in [3.63, 3.8) is 0 Å². The number of aliphatic hydroxyl groups excluding tert-OH is 1. The van der Waals surface area contributed by atoms with Crippen LogP contribution in [-0.2, 0) is 0 Å². The molecule has 0 heterocycles. The van der Waals surface area contributed by atoms with Crippen molar-refractivity contribution < 1.29 is 5.11 Å². The molecular formula is C12H20O. The van der Waals surface area contributed by atoms with Crippen LogP contribution in [0.15, 0.2) is 24.3 Å². The Kier molecular flexibility index (Phi) is 4.84. The van der Waals surface area contributed by atoms with Crippen LogP contribution in [0, 0.1) is 11.8 Å². The molecule has 0 amide bonds. The van der Waals surface area contributed by atoms with Crippen molar-refractivity contribution in [3.05, 3.63) is 24.3 Å². The molecule has 13 heavy (non-hydrogen) atoms. The molecule has 0 aliphatic heterocycles. The number of rotatable bonds is 3. The van der Waals surface area contributed by atoms with Gasteiger partial charge in [-0.3, -0.25) is 0 Å². The normalized spacial score (nSPS) is 30.3. The van der Waals surface area contributed by atoms with Crippen LogP contribution in [0.1, 0.15) is 32.6 Å². The molecule has 1 nitrogen and oxygen atoms in total. The second-order valence-electron chi connectivity index (χ2n) is 3.80. The van der Waals surface area contributed by atoms with Gasteiger partial charge in [0.05, 0.1) is 0 Å². The van der Waals surface area contributed by atoms with Gasteiger partial charge in [0.1, 0.15) is 0 Å². The molecule has 0 bridgehead atoms. The summed E-state index contributed by atoms with van der Waals surface area (Å²) in [5.74, 6) is 1.12. The summed E-state index contributed by atoms with van der Waals surface area (Å²) in [6, 6.07) is 0. The standard InChI is InChI=1S/C12H20O/c1-2-3-4-7-11-8-5-6-9-12(11)10-13/h2-4,7,11-13H,5-6,8-10H2,1H3/b3-2+,7-4+/t11-,12+/m1/s1. The minimum absolute atomic E-state index is 0.352. The van der Waals surface area contributed by atoms with Crippen LogP contribution >= 0.6 is 0 Å². The van der Waals surface area contributed by atoms with E-state index in [-0.39, 0.29) is 0 Å². The van der Waals surface area contributed by atoms with Gasteiger partial charge >= 0.3 is 0 Å². The van der Waals surface area contributed by atoms with Gasteiger partial charge < -0.3 is 5.11 Å². The summed E-state index contributed by atoms with van der Waals surface area (Å²) in [6.45, 7) is 2.37. The molecule has 1 fully saturated rings. The van der Waals surface area contributed by atoms with E-state index >= 15 is 0 Å². The maximum atomic E-state index is 9.17. The summed E-state index contributed by atoms with van der Waals surface area (Å²) >= 11 is 0. The molecule has 0 aromatic heterocycles. The molecule has 2 atom stereocenters. The Balaban J connectivity index is 2.44. The molecule has 0 radical (unpaired) electrons. The Labute approximate surface area is 81.2 Å². The van der Waals surface area contributed by atoms with Gasteiger partial charge in [-0.05, 0) is 31.6 Å². The fourth-order valence-electron chi connectivity index (χ4n) is 2.03. The number of hydrogen-bond donors (Lipinski definition) is 1. The maximum absolute atomic E-state index is 9.17. The lowest BCUT2D eigenvalue weighted by atomic mass is 9.79. The molecule has 0 aromatic carbocycles. The third-order valence-electron chi connectivity index (χ3n) is 2.86. The Bertz CT molecular complexity index is 182. The first-order valence-electron chi connectivity index (χ1n) is 5.28. The highest BCUT2D eigenvalue weighted by Gasteiger charge is 2.21. The zero-order valence-electron chi connectivity index (χ0n) is 8.45. The van der Waals surface area contributed by atoms with E-state index in [9.17, 15) is 0 Å². The van der Waals surface area contributed by atoms with Gasteiger partial charge in [-0.2, -0.15) is 0 Å². The van der Waals surface area contributed by atoms with Gasteiger partial charge in [-0.15, -0.1) is 0 Å². The van der Waals surface area contributed by atoms with E-state index in [0.717, 1.165) is 0 Å². The first-order chi connectivity index (χ1) is 6.38. The summed E-state index contributed by atoms with van der Waals surface area (Å²) in [4.78, 5) is 0. The highest BCUT2D eigenvalue weighted by molar-refractivity contribution is 5.04. The monoisotopic (exact) mass is 180 g/mol. The lowest BCUT2D eigenvalue weighted by Gasteiger charge is -2.27. The van der Waals surface area contributed by atoms with E-state index < -0.39 is 0 Å². The zero-order valence-corrected chi connectivity index (χ0v) is 8.45. The smallest absolute Gasteiger partial charge is 0.0464 e. The second-order valence-corrected chi connectivity index (χ2v) is 3.80. The molecular weight excluding hydrogens is 160 g/mol. The highest BCUT2D eigenvalue weighted by atomic mass is 16.3. The molecule has 1 saturated carbocycles. The van der Waals surface area contributed by atoms with E-state index in [0.29, 0.717) is 18.4 Å². The average Bonchev–Trinajstić information content (AvgIpc) is 2.19. The molecule has 74 valence electrons. The third kappa shape index (κ3) is 3.35. The number of allylic oxidation sites excluding steroid dienone is 4. The van der Waals surface area contributed by atoms with Crippen LogP contribution in [0.2, 0.25) is 0 Å². The quantitative estimate of drug-likeness (QED) is 0.662. The fourth-order valence-corrected chi connectivity index (χ4v) is 2.03. The van der Waals surface area contributed by atoms with Crippen LogP contribution in [-0.4, -0.2) is 11.7 Å². The first-order valence-corrected chi connectivity index (χ1v) is 5.28. The van der Waals surface area contributed by atoms with Gasteiger partial charge in [0.25, 0.3) is 0 Å². The molecule has 1 aliphatic rings. The fraction of sp³-hybridized carbons (Fsp3) is 0.667. The van der Waals surface area contributed by atoms with Crippen molar-refractivity contribution in [3.8, 4) is 0 Å². The van der Waals surface area contributed by atoms with Crippen LogP contribution in [0.25, 0.3) is 0 Å². The zero-order chi connectivity index (χ0) is 9.52. The lowest BCUT2D eigenvalue weighted by molar-refractivity contribution is 0.157. The summed E-state index contributed by atoms with van der Waals surface area (Å²) in [7, 11) is 0. The number of hydrogen-bond acceptors (Lipinski definition) is 1. The SMILES string of the molecule is C/C=C/C=C/[C@@H]1CCCC[C@H]1CO. The minimum Gasteiger partial charge on any atom is -0.396 e. The maximum Gasteiger partial charge on any atom is 0.0464 e. The summed E-state index contributed by atoms with van der Waals surface area (Å²) in [5, 5.41) is 9.17. The van der Waals surface area contributed by atoms with Crippen molar-refractivity contribution in [1.29, 1.82) is 0 Å². The van der Waals surface area contributed by atoms with Crippen LogP contribution in [0.4, 0.5) is 0 Å². The summed E-state index contributed by atoms with van der Waals surface area (Å²) in [6.07, 6.45) is 13.5. The predicted molar refractivity (Wildman–Crippen MR) is 56.5 cm³/mol. The summed E-state index contributed by atoms with van der Waals surface area (Å²) in [5.41, 5.74) is 0. The second kappa shape index (κ2) is 5.98. The van der Waals surface area contributed by atoms with Crippen LogP contribution in [0.5, 0.6) is 0 Å². The molecule has 1 aliphatic carbocycles. The number of aliphatic hydroxyl groups is 1. The molecule has 0 aromatic rings. The molecule has 1 heteroatoms. The van der Waals surface area contributed by atoms with Crippen LogP contribution < -0.4 is 0 Å². The van der Waals surface area contributed by atoms with E-state index in [4.69, 9.17) is 5.11 Å². The topological polar surface area (TPSA) is 20.2 Å². The molecule has 0 saturated heterocycles. The first kappa shape index (κ1) is 10.5. The Morgan fingerprint density at radius 1 is 1.23 bits per heavy atom. The van der Waals surface area contributed by atoms with E-state index in [1.165, 1.54) is 25.7 Å². The Morgan fingerprint density at radius 2 is 2.00 bits per heavy atom. The van der Waals surface area contributed by atoms with Crippen molar-refractivity contribution >= 4 is 0 Å². The predicted octanol–water partition coefficient (Wildman–Crippen LogP) is 2.92. The molecule has 0 spiro atoms. The van der Waals surface area contributed by atoms with Crippen molar-refractivity contribution in [2.45, 2.75) is 32.6 Å². The Hall–Kier alpha value is -0.560. The van der Waals surface area contributed by atoms with Crippen molar-refractivity contribution in [1.82, 2.24) is 0 Å². The molecule has 1 rings (SSSR count).